The van der Waals surface area contributed by atoms with Gasteiger partial charge < -0.3 is 19.7 Å². The Morgan fingerprint density at radius 3 is 2.73 bits per heavy atom. The lowest BCUT2D eigenvalue weighted by Gasteiger charge is -2.10. The van der Waals surface area contributed by atoms with E-state index in [1.54, 1.807) is 30.6 Å². The lowest BCUT2D eigenvalue weighted by molar-refractivity contribution is 0.0919. The summed E-state index contributed by atoms with van der Waals surface area (Å²) < 4.78 is 7.40. The molecule has 0 fully saturated rings. The van der Waals surface area contributed by atoms with Crippen molar-refractivity contribution in [1.82, 2.24) is 19.5 Å². The maximum Gasteiger partial charge on any atom is 0.227 e. The van der Waals surface area contributed by atoms with E-state index in [0.717, 1.165) is 23.0 Å². The standard InChI is InChI=1S/C25H27N5O3/c1-4-16(2)24(32)23-13-17-5-6-18(14-22(17)30(23)3)28-25-27-10-8-20(29-25)21-15-19(7-9-26-21)33-12-11-31/h5-10,13-16,31H,4,11-12H2,1-3H3,(H,27,28,29). The molecule has 2 N–H and O–H groups in total. The predicted octanol–water partition coefficient (Wildman–Crippen LogP) is 4.37. The molecule has 0 bridgehead atoms. The quantitative estimate of drug-likeness (QED) is 0.369. The molecule has 8 nitrogen and oxygen atoms in total. The first kappa shape index (κ1) is 22.4. The Morgan fingerprint density at radius 1 is 1.12 bits per heavy atom. The molecule has 0 radical (unpaired) electrons. The number of hydrogen-bond acceptors (Lipinski definition) is 7. The van der Waals surface area contributed by atoms with Gasteiger partial charge in [-0.05, 0) is 36.8 Å². The number of ketones is 1. The van der Waals surface area contributed by atoms with Crippen molar-refractivity contribution >= 4 is 28.3 Å². The second-order valence-electron chi connectivity index (χ2n) is 7.88. The minimum Gasteiger partial charge on any atom is -0.491 e. The number of benzene rings is 1. The fourth-order valence-electron chi connectivity index (χ4n) is 3.58. The molecule has 3 heterocycles. The predicted molar refractivity (Wildman–Crippen MR) is 128 cm³/mol. The van der Waals surface area contributed by atoms with Gasteiger partial charge in [-0.3, -0.25) is 9.78 Å². The van der Waals surface area contributed by atoms with Gasteiger partial charge in [-0.2, -0.15) is 0 Å². The summed E-state index contributed by atoms with van der Waals surface area (Å²) in [5, 5.41) is 13.2. The SMILES string of the molecule is CCC(C)C(=O)c1cc2ccc(Nc3nccc(-c4cc(OCCO)ccn4)n3)cc2n1C. The summed E-state index contributed by atoms with van der Waals surface area (Å²) in [6, 6.07) is 13.1. The number of Topliss-reactive ketones (excluding diaryl/α,β-unsaturated/α-hetero) is 1. The third-order valence-corrected chi connectivity index (χ3v) is 5.62. The first-order chi connectivity index (χ1) is 16.0. The van der Waals surface area contributed by atoms with Crippen LogP contribution in [0.25, 0.3) is 22.3 Å². The van der Waals surface area contributed by atoms with E-state index in [2.05, 4.69) is 20.3 Å². The van der Waals surface area contributed by atoms with Crippen molar-refractivity contribution in [3.63, 3.8) is 0 Å². The van der Waals surface area contributed by atoms with Crippen molar-refractivity contribution in [2.45, 2.75) is 20.3 Å². The maximum absolute atomic E-state index is 12.7. The Balaban J connectivity index is 1.59. The number of hydrogen-bond donors (Lipinski definition) is 2. The van der Waals surface area contributed by atoms with Gasteiger partial charge in [-0.25, -0.2) is 9.97 Å². The first-order valence-corrected chi connectivity index (χ1v) is 10.9. The van der Waals surface area contributed by atoms with Crippen molar-refractivity contribution < 1.29 is 14.6 Å². The number of carbonyl (C=O) groups is 1. The van der Waals surface area contributed by atoms with Crippen LogP contribution in [-0.2, 0) is 7.05 Å². The van der Waals surface area contributed by atoms with Crippen LogP contribution in [0.15, 0.2) is 54.9 Å². The zero-order chi connectivity index (χ0) is 23.4. The molecule has 8 heteroatoms. The van der Waals surface area contributed by atoms with E-state index in [9.17, 15) is 4.79 Å². The minimum atomic E-state index is -0.0575. The summed E-state index contributed by atoms with van der Waals surface area (Å²) in [6.07, 6.45) is 4.11. The van der Waals surface area contributed by atoms with Gasteiger partial charge in [-0.15, -0.1) is 0 Å². The van der Waals surface area contributed by atoms with Crippen molar-refractivity contribution in [3.8, 4) is 17.1 Å². The molecule has 0 amide bonds. The van der Waals surface area contributed by atoms with Crippen LogP contribution in [-0.4, -0.2) is 43.6 Å². The fourth-order valence-corrected chi connectivity index (χ4v) is 3.58. The second-order valence-corrected chi connectivity index (χ2v) is 7.88. The number of fused-ring (bicyclic) bond motifs is 1. The van der Waals surface area contributed by atoms with Crippen LogP contribution < -0.4 is 10.1 Å². The number of nitrogens with one attached hydrogen (secondary N) is 1. The number of aryl methyl sites for hydroxylation is 1. The van der Waals surface area contributed by atoms with Gasteiger partial charge in [0.2, 0.25) is 5.95 Å². The number of carbonyl (C=O) groups excluding carboxylic acids is 1. The molecule has 0 aliphatic heterocycles. The number of aliphatic hydroxyl groups excluding tert-OH is 1. The number of anilines is 2. The van der Waals surface area contributed by atoms with Gasteiger partial charge >= 0.3 is 0 Å². The first-order valence-electron chi connectivity index (χ1n) is 10.9. The van der Waals surface area contributed by atoms with E-state index < -0.39 is 0 Å². The number of nitrogens with zero attached hydrogens (tertiary/aromatic N) is 4. The molecule has 0 spiro atoms. The third kappa shape index (κ3) is 4.85. The molecular weight excluding hydrogens is 418 g/mol. The van der Waals surface area contributed by atoms with E-state index in [1.807, 2.05) is 49.7 Å². The van der Waals surface area contributed by atoms with Gasteiger partial charge in [-0.1, -0.05) is 19.9 Å². The van der Waals surface area contributed by atoms with Gasteiger partial charge in [0, 0.05) is 42.5 Å². The zero-order valence-corrected chi connectivity index (χ0v) is 18.9. The fraction of sp³-hybridized carbons (Fsp3) is 0.280. The van der Waals surface area contributed by atoms with Gasteiger partial charge in [0.15, 0.2) is 5.78 Å². The van der Waals surface area contributed by atoms with Crippen LogP contribution in [0.4, 0.5) is 11.6 Å². The smallest absolute Gasteiger partial charge is 0.227 e. The van der Waals surface area contributed by atoms with E-state index in [4.69, 9.17) is 9.84 Å². The van der Waals surface area contributed by atoms with Gasteiger partial charge in [0.05, 0.1) is 29.2 Å². The van der Waals surface area contributed by atoms with Crippen molar-refractivity contribution in [2.24, 2.45) is 13.0 Å². The maximum atomic E-state index is 12.7. The topological polar surface area (TPSA) is 102 Å². The molecule has 170 valence electrons. The molecule has 1 atom stereocenters. The lowest BCUT2D eigenvalue weighted by Crippen LogP contribution is -2.13. The molecule has 33 heavy (non-hydrogen) atoms. The van der Waals surface area contributed by atoms with Crippen LogP contribution in [0.1, 0.15) is 30.8 Å². The Labute approximate surface area is 192 Å². The Morgan fingerprint density at radius 2 is 1.94 bits per heavy atom. The lowest BCUT2D eigenvalue weighted by atomic mass is 10.0. The number of rotatable bonds is 9. The highest BCUT2D eigenvalue weighted by molar-refractivity contribution is 6.01. The van der Waals surface area contributed by atoms with Crippen molar-refractivity contribution in [3.05, 3.63) is 60.6 Å². The third-order valence-electron chi connectivity index (χ3n) is 5.62. The van der Waals surface area contributed by atoms with Gasteiger partial charge in [0.25, 0.3) is 0 Å². The molecule has 3 aromatic heterocycles. The largest absolute Gasteiger partial charge is 0.491 e. The summed E-state index contributed by atoms with van der Waals surface area (Å²) in [4.78, 5) is 26.0. The summed E-state index contributed by atoms with van der Waals surface area (Å²) in [6.45, 7) is 4.14. The molecule has 4 aromatic rings. The number of ether oxygens (including phenoxy) is 1. The number of pyridine rings is 1. The summed E-state index contributed by atoms with van der Waals surface area (Å²) >= 11 is 0. The molecule has 4 rings (SSSR count). The molecule has 0 aliphatic carbocycles. The van der Waals surface area contributed by atoms with E-state index in [1.165, 1.54) is 0 Å². The molecule has 0 aliphatic rings. The number of aromatic nitrogens is 4. The monoisotopic (exact) mass is 445 g/mol. The Hall–Kier alpha value is -3.78. The Kier molecular flexibility index (Phi) is 6.65. The van der Waals surface area contributed by atoms with Crippen molar-refractivity contribution in [2.75, 3.05) is 18.5 Å². The summed E-state index contributed by atoms with van der Waals surface area (Å²) in [5.74, 6) is 1.18. The number of aliphatic hydroxyl groups is 1. The average Bonchev–Trinajstić information content (AvgIpc) is 3.18. The Bertz CT molecular complexity index is 1280. The van der Waals surface area contributed by atoms with Crippen LogP contribution in [0.3, 0.4) is 0 Å². The van der Waals surface area contributed by atoms with E-state index >= 15 is 0 Å². The highest BCUT2D eigenvalue weighted by atomic mass is 16.5. The summed E-state index contributed by atoms with van der Waals surface area (Å²) in [7, 11) is 1.91. The normalized spacial score (nSPS) is 12.0. The summed E-state index contributed by atoms with van der Waals surface area (Å²) in [5.41, 5.74) is 3.77. The van der Waals surface area contributed by atoms with Gasteiger partial charge in [0.1, 0.15) is 12.4 Å². The van der Waals surface area contributed by atoms with Crippen molar-refractivity contribution in [1.29, 1.82) is 0 Å². The van der Waals surface area contributed by atoms with E-state index in [0.29, 0.717) is 28.8 Å². The molecule has 1 unspecified atom stereocenters. The van der Waals surface area contributed by atoms with Crippen LogP contribution in [0, 0.1) is 5.92 Å². The highest BCUT2D eigenvalue weighted by Gasteiger charge is 2.18. The molecular formula is C25H27N5O3. The molecule has 0 saturated heterocycles. The van der Waals surface area contributed by atoms with Crippen LogP contribution in [0.5, 0.6) is 5.75 Å². The molecule has 0 saturated carbocycles. The molecule has 1 aromatic carbocycles. The second kappa shape index (κ2) is 9.79. The van der Waals surface area contributed by atoms with E-state index in [-0.39, 0.29) is 24.9 Å². The zero-order valence-electron chi connectivity index (χ0n) is 18.9. The van der Waals surface area contributed by atoms with Crippen LogP contribution in [0.2, 0.25) is 0 Å². The average molecular weight is 446 g/mol. The highest BCUT2D eigenvalue weighted by Crippen LogP contribution is 2.26. The van der Waals surface area contributed by atoms with Crippen LogP contribution >= 0.6 is 0 Å². The minimum absolute atomic E-state index is 0.0112.